The van der Waals surface area contributed by atoms with Crippen molar-refractivity contribution in [1.82, 2.24) is 15.0 Å². The fourth-order valence-corrected chi connectivity index (χ4v) is 1.61. The van der Waals surface area contributed by atoms with Crippen LogP contribution >= 0.6 is 0 Å². The zero-order valence-electron chi connectivity index (χ0n) is 10.4. The summed E-state index contributed by atoms with van der Waals surface area (Å²) in [4.78, 5) is 12.3. The number of aryl methyl sites for hydroxylation is 1. The van der Waals surface area contributed by atoms with Crippen LogP contribution in [-0.4, -0.2) is 44.3 Å². The average Bonchev–Trinajstić information content (AvgIpc) is 2.80. The van der Waals surface area contributed by atoms with Gasteiger partial charge in [0.15, 0.2) is 5.82 Å². The molecule has 0 aliphatic carbocycles. The molecular weight excluding hydrogens is 248 g/mol. The first kappa shape index (κ1) is 13.0. The van der Waals surface area contributed by atoms with E-state index in [0.29, 0.717) is 5.69 Å². The van der Waals surface area contributed by atoms with Gasteiger partial charge in [-0.3, -0.25) is 0 Å². The Labute approximate surface area is 109 Å². The third kappa shape index (κ3) is 2.89. The lowest BCUT2D eigenvalue weighted by Crippen LogP contribution is -2.09. The van der Waals surface area contributed by atoms with Crippen LogP contribution in [0.1, 0.15) is 16.1 Å². The Morgan fingerprint density at radius 2 is 2.21 bits per heavy atom. The number of aliphatic hydroxyl groups excluding tert-OH is 1. The van der Waals surface area contributed by atoms with Gasteiger partial charge in [-0.2, -0.15) is 0 Å². The Hall–Kier alpha value is -2.41. The number of rotatable bonds is 5. The third-order valence-corrected chi connectivity index (χ3v) is 2.45. The molecule has 0 atom stereocenters. The lowest BCUT2D eigenvalue weighted by molar-refractivity contribution is 0.0691. The molecule has 0 bridgehead atoms. The number of aromatic carboxylic acids is 1. The third-order valence-electron chi connectivity index (χ3n) is 2.45. The van der Waals surface area contributed by atoms with Crippen molar-refractivity contribution in [3.05, 3.63) is 35.5 Å². The highest BCUT2D eigenvalue weighted by Crippen LogP contribution is 2.14. The van der Waals surface area contributed by atoms with Crippen LogP contribution in [0.2, 0.25) is 0 Å². The van der Waals surface area contributed by atoms with Crippen LogP contribution in [0.4, 0.5) is 5.82 Å². The molecule has 1 heterocycles. The molecule has 0 amide bonds. The summed E-state index contributed by atoms with van der Waals surface area (Å²) in [7, 11) is 0. The molecule has 2 rings (SSSR count). The van der Waals surface area contributed by atoms with Gasteiger partial charge in [-0.05, 0) is 24.6 Å². The van der Waals surface area contributed by atoms with Gasteiger partial charge < -0.3 is 15.5 Å². The Morgan fingerprint density at radius 1 is 1.42 bits per heavy atom. The average molecular weight is 262 g/mol. The first-order valence-corrected chi connectivity index (χ1v) is 5.74. The summed E-state index contributed by atoms with van der Waals surface area (Å²) in [6.07, 6.45) is 0. The van der Waals surface area contributed by atoms with E-state index >= 15 is 0 Å². The molecule has 2 aromatic rings. The minimum atomic E-state index is -1.17. The normalized spacial score (nSPS) is 10.4. The number of aliphatic hydroxyl groups is 1. The van der Waals surface area contributed by atoms with Gasteiger partial charge in [0, 0.05) is 6.54 Å². The number of benzene rings is 1. The standard InChI is InChI=1S/C12H14N4O3/c1-8-3-2-4-9(7-8)16-14-10(12(18)19)11(15-16)13-5-6-17/h2-4,7,17H,5-6H2,1H3,(H,13,15)(H,18,19). The van der Waals surface area contributed by atoms with E-state index in [0.717, 1.165) is 5.56 Å². The Morgan fingerprint density at radius 3 is 2.84 bits per heavy atom. The Bertz CT molecular complexity index is 594. The summed E-state index contributed by atoms with van der Waals surface area (Å²) in [5, 5.41) is 28.6. The maximum atomic E-state index is 11.1. The molecular formula is C12H14N4O3. The number of carbonyl (C=O) groups is 1. The number of anilines is 1. The van der Waals surface area contributed by atoms with E-state index in [1.807, 2.05) is 25.1 Å². The Kier molecular flexibility index (Phi) is 3.76. The number of hydrogen-bond donors (Lipinski definition) is 3. The molecule has 0 saturated heterocycles. The summed E-state index contributed by atoms with van der Waals surface area (Å²) in [5.41, 5.74) is 1.53. The van der Waals surface area contributed by atoms with E-state index in [9.17, 15) is 4.79 Å². The first-order chi connectivity index (χ1) is 9.11. The second-order valence-electron chi connectivity index (χ2n) is 3.98. The van der Waals surface area contributed by atoms with E-state index in [-0.39, 0.29) is 24.7 Å². The number of nitrogens with one attached hydrogen (secondary N) is 1. The minimum Gasteiger partial charge on any atom is -0.476 e. The van der Waals surface area contributed by atoms with Gasteiger partial charge >= 0.3 is 5.97 Å². The zero-order chi connectivity index (χ0) is 13.8. The highest BCUT2D eigenvalue weighted by molar-refractivity contribution is 5.90. The molecule has 0 radical (unpaired) electrons. The van der Waals surface area contributed by atoms with Crippen molar-refractivity contribution in [1.29, 1.82) is 0 Å². The highest BCUT2D eigenvalue weighted by Gasteiger charge is 2.18. The summed E-state index contributed by atoms with van der Waals surface area (Å²) in [6.45, 7) is 2.03. The predicted octanol–water partition coefficient (Wildman–Crippen LogP) is 0.678. The SMILES string of the molecule is Cc1cccc(-n2nc(NCCO)c(C(=O)O)n2)c1. The second-order valence-corrected chi connectivity index (χ2v) is 3.98. The lowest BCUT2D eigenvalue weighted by atomic mass is 10.2. The van der Waals surface area contributed by atoms with Crippen molar-refractivity contribution >= 4 is 11.8 Å². The van der Waals surface area contributed by atoms with E-state index in [1.165, 1.54) is 4.80 Å². The van der Waals surface area contributed by atoms with Gasteiger partial charge in [-0.15, -0.1) is 15.0 Å². The maximum Gasteiger partial charge on any atom is 0.360 e. The van der Waals surface area contributed by atoms with Crippen molar-refractivity contribution in [2.75, 3.05) is 18.5 Å². The van der Waals surface area contributed by atoms with Crippen LogP contribution in [0.5, 0.6) is 0 Å². The highest BCUT2D eigenvalue weighted by atomic mass is 16.4. The van der Waals surface area contributed by atoms with Crippen molar-refractivity contribution in [2.45, 2.75) is 6.92 Å². The molecule has 100 valence electrons. The van der Waals surface area contributed by atoms with Crippen molar-refractivity contribution in [3.8, 4) is 5.69 Å². The van der Waals surface area contributed by atoms with E-state index < -0.39 is 5.97 Å². The van der Waals surface area contributed by atoms with E-state index in [1.54, 1.807) is 6.07 Å². The fraction of sp³-hybridized carbons (Fsp3) is 0.250. The summed E-state index contributed by atoms with van der Waals surface area (Å²) < 4.78 is 0. The van der Waals surface area contributed by atoms with Gasteiger partial charge in [-0.25, -0.2) is 4.79 Å². The van der Waals surface area contributed by atoms with Gasteiger partial charge in [0.05, 0.1) is 12.3 Å². The summed E-state index contributed by atoms with van der Waals surface area (Å²) >= 11 is 0. The van der Waals surface area contributed by atoms with Crippen LogP contribution in [0.25, 0.3) is 5.69 Å². The van der Waals surface area contributed by atoms with Crippen molar-refractivity contribution in [2.24, 2.45) is 0 Å². The van der Waals surface area contributed by atoms with E-state index in [2.05, 4.69) is 15.5 Å². The molecule has 0 saturated carbocycles. The minimum absolute atomic E-state index is 0.115. The number of nitrogens with zero attached hydrogens (tertiary/aromatic N) is 3. The second kappa shape index (κ2) is 5.49. The molecule has 0 aliphatic rings. The molecule has 0 aliphatic heterocycles. The molecule has 7 nitrogen and oxygen atoms in total. The largest absolute Gasteiger partial charge is 0.476 e. The molecule has 3 N–H and O–H groups in total. The number of aromatic nitrogens is 3. The van der Waals surface area contributed by atoms with Gasteiger partial charge in [-0.1, -0.05) is 12.1 Å². The van der Waals surface area contributed by atoms with Gasteiger partial charge in [0.2, 0.25) is 5.69 Å². The summed E-state index contributed by atoms with van der Waals surface area (Å²) in [5.74, 6) is -1.03. The lowest BCUT2D eigenvalue weighted by Gasteiger charge is -2.00. The molecule has 1 aromatic carbocycles. The maximum absolute atomic E-state index is 11.1. The molecule has 19 heavy (non-hydrogen) atoms. The Balaban J connectivity index is 2.39. The van der Waals surface area contributed by atoms with Crippen molar-refractivity contribution in [3.63, 3.8) is 0 Å². The topological polar surface area (TPSA) is 100 Å². The summed E-state index contributed by atoms with van der Waals surface area (Å²) in [6, 6.07) is 7.40. The van der Waals surface area contributed by atoms with Gasteiger partial charge in [0.25, 0.3) is 0 Å². The molecule has 0 fully saturated rings. The molecule has 0 spiro atoms. The fourth-order valence-electron chi connectivity index (χ4n) is 1.61. The molecule has 7 heteroatoms. The van der Waals surface area contributed by atoms with Crippen LogP contribution in [0.15, 0.2) is 24.3 Å². The molecule has 0 unspecified atom stereocenters. The monoisotopic (exact) mass is 262 g/mol. The van der Waals surface area contributed by atoms with Gasteiger partial charge in [0.1, 0.15) is 0 Å². The van der Waals surface area contributed by atoms with Crippen molar-refractivity contribution < 1.29 is 15.0 Å². The number of carboxylic acids is 1. The van der Waals surface area contributed by atoms with Crippen LogP contribution in [0, 0.1) is 6.92 Å². The van der Waals surface area contributed by atoms with Crippen LogP contribution < -0.4 is 5.32 Å². The number of hydrogen-bond acceptors (Lipinski definition) is 5. The molecule has 1 aromatic heterocycles. The smallest absolute Gasteiger partial charge is 0.360 e. The van der Waals surface area contributed by atoms with E-state index in [4.69, 9.17) is 10.2 Å². The predicted molar refractivity (Wildman–Crippen MR) is 68.6 cm³/mol. The first-order valence-electron chi connectivity index (χ1n) is 5.74. The van der Waals surface area contributed by atoms with Crippen LogP contribution in [0.3, 0.4) is 0 Å². The van der Waals surface area contributed by atoms with Crippen LogP contribution in [-0.2, 0) is 0 Å². The number of carboxylic acid groups (broad SMARTS) is 1. The quantitative estimate of drug-likeness (QED) is 0.732. The zero-order valence-corrected chi connectivity index (χ0v) is 10.4.